The molecule has 1 heterocycles. The molecule has 3 nitrogen and oxygen atoms in total. The van der Waals surface area contributed by atoms with Crippen molar-refractivity contribution in [1.29, 1.82) is 0 Å². The molecule has 1 saturated heterocycles. The van der Waals surface area contributed by atoms with Crippen LogP contribution in [0.4, 0.5) is 0 Å². The van der Waals surface area contributed by atoms with Gasteiger partial charge in [-0.15, -0.1) is 0 Å². The summed E-state index contributed by atoms with van der Waals surface area (Å²) < 4.78 is 5.63. The minimum Gasteiger partial charge on any atom is -0.378 e. The fourth-order valence-corrected chi connectivity index (χ4v) is 2.89. The van der Waals surface area contributed by atoms with E-state index in [9.17, 15) is 4.79 Å². The molecule has 1 unspecified atom stereocenters. The molecule has 0 aromatic heterocycles. The molecule has 0 spiro atoms. The van der Waals surface area contributed by atoms with Crippen LogP contribution >= 0.6 is 0 Å². The lowest BCUT2D eigenvalue weighted by Gasteiger charge is -2.32. The molecule has 92 valence electrons. The molecular weight excluding hydrogens is 202 g/mol. The van der Waals surface area contributed by atoms with Crippen LogP contribution in [-0.2, 0) is 9.53 Å². The van der Waals surface area contributed by atoms with Crippen LogP contribution in [0.15, 0.2) is 0 Å². The van der Waals surface area contributed by atoms with Crippen molar-refractivity contribution in [3.63, 3.8) is 0 Å². The molecule has 1 aliphatic heterocycles. The van der Waals surface area contributed by atoms with E-state index in [2.05, 4.69) is 11.8 Å². The van der Waals surface area contributed by atoms with E-state index in [1.54, 1.807) is 0 Å². The van der Waals surface area contributed by atoms with Crippen LogP contribution in [0.3, 0.4) is 0 Å². The van der Waals surface area contributed by atoms with E-state index in [1.807, 2.05) is 0 Å². The molecule has 1 saturated carbocycles. The fourth-order valence-electron chi connectivity index (χ4n) is 2.89. The first-order valence-corrected chi connectivity index (χ1v) is 6.66. The number of nitrogens with zero attached hydrogens (tertiary/aromatic N) is 1. The molecule has 1 aliphatic carbocycles. The lowest BCUT2D eigenvalue weighted by Crippen LogP contribution is -2.40. The second-order valence-corrected chi connectivity index (χ2v) is 5.01. The van der Waals surface area contributed by atoms with Crippen LogP contribution in [-0.4, -0.2) is 43.0 Å². The molecule has 0 amide bonds. The maximum atomic E-state index is 11.6. The second kappa shape index (κ2) is 5.78. The lowest BCUT2D eigenvalue weighted by atomic mass is 10.0. The molecule has 16 heavy (non-hydrogen) atoms. The van der Waals surface area contributed by atoms with Crippen LogP contribution in [0.25, 0.3) is 0 Å². The third kappa shape index (κ3) is 3.05. The van der Waals surface area contributed by atoms with Crippen molar-refractivity contribution in [2.45, 2.75) is 45.1 Å². The van der Waals surface area contributed by atoms with Crippen molar-refractivity contribution >= 4 is 5.78 Å². The van der Waals surface area contributed by atoms with Crippen molar-refractivity contribution in [3.8, 4) is 0 Å². The third-order valence-corrected chi connectivity index (χ3v) is 3.85. The predicted octanol–water partition coefficient (Wildman–Crippen LogP) is 1.86. The Morgan fingerprint density at radius 3 is 2.62 bits per heavy atom. The first-order valence-electron chi connectivity index (χ1n) is 6.66. The van der Waals surface area contributed by atoms with E-state index < -0.39 is 0 Å². The molecule has 0 N–H and O–H groups in total. The summed E-state index contributed by atoms with van der Waals surface area (Å²) in [4.78, 5) is 14.0. The number of hydrogen-bond donors (Lipinski definition) is 0. The highest BCUT2D eigenvalue weighted by molar-refractivity contribution is 5.83. The molecule has 0 radical (unpaired) electrons. The Hall–Kier alpha value is -0.410. The Balaban J connectivity index is 1.70. The number of ketones is 1. The fraction of sp³-hybridized carbons (Fsp3) is 0.923. The van der Waals surface area contributed by atoms with Gasteiger partial charge in [0, 0.05) is 38.6 Å². The monoisotopic (exact) mass is 225 g/mol. The van der Waals surface area contributed by atoms with E-state index in [0.29, 0.717) is 17.8 Å². The minimum absolute atomic E-state index is 0.337. The molecular formula is C13H23NO2. The Morgan fingerprint density at radius 2 is 2.06 bits per heavy atom. The maximum absolute atomic E-state index is 11.6. The first-order chi connectivity index (χ1) is 7.79. The molecule has 0 aromatic carbocycles. The Kier molecular flexibility index (Phi) is 4.36. The van der Waals surface area contributed by atoms with Crippen molar-refractivity contribution < 1.29 is 9.53 Å². The normalized spacial score (nSPS) is 28.8. The van der Waals surface area contributed by atoms with Gasteiger partial charge in [0.25, 0.3) is 0 Å². The number of piperidine rings is 1. The van der Waals surface area contributed by atoms with Crippen LogP contribution in [0.5, 0.6) is 0 Å². The summed E-state index contributed by atoms with van der Waals surface area (Å²) in [5.74, 6) is 0.829. The van der Waals surface area contributed by atoms with Gasteiger partial charge in [-0.2, -0.15) is 0 Å². The Labute approximate surface area is 98.1 Å². The summed E-state index contributed by atoms with van der Waals surface area (Å²) in [6.45, 7) is 6.09. The van der Waals surface area contributed by atoms with Gasteiger partial charge in [-0.25, -0.2) is 0 Å². The van der Waals surface area contributed by atoms with E-state index in [1.165, 1.54) is 0 Å². The number of Topliss-reactive ketones (excluding diaryl/α,β-unsaturated/α-hetero) is 1. The topological polar surface area (TPSA) is 29.5 Å². The molecule has 2 rings (SSSR count). The lowest BCUT2D eigenvalue weighted by molar-refractivity contribution is -0.121. The largest absolute Gasteiger partial charge is 0.378 e. The van der Waals surface area contributed by atoms with Gasteiger partial charge in [-0.3, -0.25) is 4.79 Å². The summed E-state index contributed by atoms with van der Waals surface area (Å²) in [6.07, 6.45) is 5.77. The van der Waals surface area contributed by atoms with Gasteiger partial charge in [0.2, 0.25) is 0 Å². The summed E-state index contributed by atoms with van der Waals surface area (Å²) in [6, 6.07) is 0. The number of carbonyl (C=O) groups is 1. The molecule has 0 aromatic rings. The van der Waals surface area contributed by atoms with Gasteiger partial charge in [-0.05, 0) is 32.6 Å². The van der Waals surface area contributed by atoms with Crippen molar-refractivity contribution in [2.75, 3.05) is 26.2 Å². The summed E-state index contributed by atoms with van der Waals surface area (Å²) in [7, 11) is 0. The zero-order chi connectivity index (χ0) is 11.4. The van der Waals surface area contributed by atoms with Crippen LogP contribution in [0.1, 0.15) is 39.0 Å². The highest BCUT2D eigenvalue weighted by atomic mass is 16.5. The first kappa shape index (κ1) is 12.1. The Bertz CT molecular complexity index is 234. The van der Waals surface area contributed by atoms with Gasteiger partial charge >= 0.3 is 0 Å². The van der Waals surface area contributed by atoms with E-state index in [0.717, 1.165) is 58.3 Å². The van der Waals surface area contributed by atoms with Gasteiger partial charge in [0.05, 0.1) is 6.10 Å². The highest BCUT2D eigenvalue weighted by Crippen LogP contribution is 2.24. The predicted molar refractivity (Wildman–Crippen MR) is 63.4 cm³/mol. The van der Waals surface area contributed by atoms with Crippen molar-refractivity contribution in [3.05, 3.63) is 0 Å². The molecule has 2 aliphatic rings. The van der Waals surface area contributed by atoms with E-state index in [-0.39, 0.29) is 0 Å². The molecule has 1 atom stereocenters. The number of rotatable bonds is 4. The summed E-state index contributed by atoms with van der Waals surface area (Å²) in [5.41, 5.74) is 0. The van der Waals surface area contributed by atoms with Gasteiger partial charge < -0.3 is 9.64 Å². The molecule has 2 fully saturated rings. The zero-order valence-corrected chi connectivity index (χ0v) is 10.3. The summed E-state index contributed by atoms with van der Waals surface area (Å²) >= 11 is 0. The zero-order valence-electron chi connectivity index (χ0n) is 10.3. The SMILES string of the molecule is CCOC1CCN(CC2CCCC2=O)CC1. The number of likely N-dealkylation sites (tertiary alicyclic amines) is 1. The van der Waals surface area contributed by atoms with E-state index >= 15 is 0 Å². The van der Waals surface area contributed by atoms with Gasteiger partial charge in [0.15, 0.2) is 0 Å². The van der Waals surface area contributed by atoms with Crippen LogP contribution in [0, 0.1) is 5.92 Å². The highest BCUT2D eigenvalue weighted by Gasteiger charge is 2.28. The Morgan fingerprint density at radius 1 is 1.31 bits per heavy atom. The van der Waals surface area contributed by atoms with Crippen molar-refractivity contribution in [1.82, 2.24) is 4.90 Å². The summed E-state index contributed by atoms with van der Waals surface area (Å²) in [5, 5.41) is 0. The third-order valence-electron chi connectivity index (χ3n) is 3.85. The van der Waals surface area contributed by atoms with Crippen molar-refractivity contribution in [2.24, 2.45) is 5.92 Å². The van der Waals surface area contributed by atoms with E-state index in [4.69, 9.17) is 4.74 Å². The van der Waals surface area contributed by atoms with Crippen LogP contribution < -0.4 is 0 Å². The number of ether oxygens (including phenoxy) is 1. The number of carbonyl (C=O) groups excluding carboxylic acids is 1. The average Bonchev–Trinajstić information content (AvgIpc) is 2.68. The molecule has 0 bridgehead atoms. The minimum atomic E-state index is 0.337. The number of hydrogen-bond acceptors (Lipinski definition) is 3. The van der Waals surface area contributed by atoms with Gasteiger partial charge in [-0.1, -0.05) is 0 Å². The smallest absolute Gasteiger partial charge is 0.137 e. The molecule has 3 heteroatoms. The standard InChI is InChI=1S/C13H23NO2/c1-2-16-12-6-8-14(9-7-12)10-11-4-3-5-13(11)15/h11-12H,2-10H2,1H3. The average molecular weight is 225 g/mol. The van der Waals surface area contributed by atoms with Crippen LogP contribution in [0.2, 0.25) is 0 Å². The maximum Gasteiger partial charge on any atom is 0.137 e. The quantitative estimate of drug-likeness (QED) is 0.731. The van der Waals surface area contributed by atoms with Gasteiger partial charge in [0.1, 0.15) is 5.78 Å². The second-order valence-electron chi connectivity index (χ2n) is 5.01.